The molecule has 0 saturated carbocycles. The number of nitrogen functional groups attached to an aromatic ring is 1. The SMILES string of the molecule is Nc1cccc(C(F)(F)F)c1OC(F)(F)F. The highest BCUT2D eigenvalue weighted by molar-refractivity contribution is 5.57. The van der Waals surface area contributed by atoms with Gasteiger partial charge in [-0.3, -0.25) is 0 Å². The second-order valence-electron chi connectivity index (χ2n) is 2.77. The molecule has 0 aliphatic carbocycles. The molecule has 0 atom stereocenters. The predicted molar refractivity (Wildman–Crippen MR) is 42.5 cm³/mol. The molecule has 0 fully saturated rings. The molecule has 0 spiro atoms. The molecule has 8 heteroatoms. The molecule has 0 aliphatic heterocycles. The number of hydrogen-bond donors (Lipinski definition) is 1. The van der Waals surface area contributed by atoms with E-state index in [9.17, 15) is 26.3 Å². The highest BCUT2D eigenvalue weighted by Gasteiger charge is 2.40. The summed E-state index contributed by atoms with van der Waals surface area (Å²) in [5.41, 5.74) is 2.71. The van der Waals surface area contributed by atoms with Crippen molar-refractivity contribution in [2.24, 2.45) is 0 Å². The van der Waals surface area contributed by atoms with Gasteiger partial charge in [-0.05, 0) is 12.1 Å². The van der Waals surface area contributed by atoms with E-state index >= 15 is 0 Å². The van der Waals surface area contributed by atoms with Crippen LogP contribution in [0.1, 0.15) is 5.56 Å². The molecule has 16 heavy (non-hydrogen) atoms. The van der Waals surface area contributed by atoms with Gasteiger partial charge in [-0.2, -0.15) is 13.2 Å². The van der Waals surface area contributed by atoms with Gasteiger partial charge in [0.2, 0.25) is 0 Å². The van der Waals surface area contributed by atoms with Crippen molar-refractivity contribution < 1.29 is 31.1 Å². The third-order valence-corrected chi connectivity index (χ3v) is 1.57. The number of ether oxygens (including phenoxy) is 1. The topological polar surface area (TPSA) is 35.2 Å². The molecule has 1 aromatic carbocycles. The molecule has 1 aromatic rings. The number of hydrogen-bond acceptors (Lipinski definition) is 2. The van der Waals surface area contributed by atoms with Crippen molar-refractivity contribution in [1.29, 1.82) is 0 Å². The van der Waals surface area contributed by atoms with Gasteiger partial charge in [-0.25, -0.2) is 0 Å². The number of benzene rings is 1. The highest BCUT2D eigenvalue weighted by Crippen LogP contribution is 2.41. The van der Waals surface area contributed by atoms with Crippen LogP contribution in [-0.4, -0.2) is 6.36 Å². The number of halogens is 6. The van der Waals surface area contributed by atoms with Gasteiger partial charge in [-0.1, -0.05) is 6.07 Å². The van der Waals surface area contributed by atoms with Crippen LogP contribution in [0.5, 0.6) is 5.75 Å². The second-order valence-corrected chi connectivity index (χ2v) is 2.77. The average molecular weight is 245 g/mol. The Labute approximate surface area is 85.6 Å². The van der Waals surface area contributed by atoms with E-state index in [-0.39, 0.29) is 0 Å². The van der Waals surface area contributed by atoms with E-state index in [1.807, 2.05) is 0 Å². The minimum absolute atomic E-state index is 0.456. The molecule has 0 amide bonds. The molecule has 0 unspecified atom stereocenters. The van der Waals surface area contributed by atoms with Crippen molar-refractivity contribution in [2.75, 3.05) is 5.73 Å². The van der Waals surface area contributed by atoms with Gasteiger partial charge >= 0.3 is 12.5 Å². The Balaban J connectivity index is 3.25. The van der Waals surface area contributed by atoms with Gasteiger partial charge in [0.15, 0.2) is 5.75 Å². The van der Waals surface area contributed by atoms with E-state index in [0.717, 1.165) is 12.1 Å². The predicted octanol–water partition coefficient (Wildman–Crippen LogP) is 3.19. The van der Waals surface area contributed by atoms with Crippen LogP contribution in [0.3, 0.4) is 0 Å². The number of anilines is 1. The van der Waals surface area contributed by atoms with Crippen LogP contribution >= 0.6 is 0 Å². The summed E-state index contributed by atoms with van der Waals surface area (Å²) in [7, 11) is 0. The molecule has 0 aromatic heterocycles. The first kappa shape index (κ1) is 12.5. The molecule has 0 aliphatic rings. The van der Waals surface area contributed by atoms with E-state index in [2.05, 4.69) is 4.74 Å². The molecule has 2 nitrogen and oxygen atoms in total. The molecular formula is C8H5F6NO. The van der Waals surface area contributed by atoms with E-state index in [1.54, 1.807) is 0 Å². The molecule has 2 N–H and O–H groups in total. The fraction of sp³-hybridized carbons (Fsp3) is 0.250. The lowest BCUT2D eigenvalue weighted by Gasteiger charge is -2.16. The minimum Gasteiger partial charge on any atom is -0.403 e. The zero-order valence-electron chi connectivity index (χ0n) is 7.49. The normalized spacial score (nSPS) is 12.6. The Morgan fingerprint density at radius 1 is 1.00 bits per heavy atom. The summed E-state index contributed by atoms with van der Waals surface area (Å²) in [5, 5.41) is 0. The Morgan fingerprint density at radius 3 is 2.00 bits per heavy atom. The number of rotatable bonds is 1. The van der Waals surface area contributed by atoms with E-state index in [1.165, 1.54) is 0 Å². The van der Waals surface area contributed by atoms with Crippen molar-refractivity contribution in [2.45, 2.75) is 12.5 Å². The summed E-state index contributed by atoms with van der Waals surface area (Å²) in [6.45, 7) is 0. The Bertz CT molecular complexity index is 383. The maximum atomic E-state index is 12.3. The zero-order valence-corrected chi connectivity index (χ0v) is 7.49. The minimum atomic E-state index is -5.23. The smallest absolute Gasteiger partial charge is 0.403 e. The Kier molecular flexibility index (Phi) is 2.93. The van der Waals surface area contributed by atoms with Crippen molar-refractivity contribution in [1.82, 2.24) is 0 Å². The summed E-state index contributed by atoms with van der Waals surface area (Å²) >= 11 is 0. The van der Waals surface area contributed by atoms with Crippen LogP contribution in [0.15, 0.2) is 18.2 Å². The fourth-order valence-electron chi connectivity index (χ4n) is 1.01. The van der Waals surface area contributed by atoms with E-state index in [0.29, 0.717) is 6.07 Å². The van der Waals surface area contributed by atoms with Crippen molar-refractivity contribution in [3.63, 3.8) is 0 Å². The molecule has 90 valence electrons. The second kappa shape index (κ2) is 3.76. The molecular weight excluding hydrogens is 240 g/mol. The molecule has 0 saturated heterocycles. The van der Waals surface area contributed by atoms with Gasteiger partial charge in [0, 0.05) is 0 Å². The Hall–Kier alpha value is -1.60. The van der Waals surface area contributed by atoms with Crippen LogP contribution in [0, 0.1) is 0 Å². The van der Waals surface area contributed by atoms with Crippen molar-refractivity contribution in [3.05, 3.63) is 23.8 Å². The van der Waals surface area contributed by atoms with Crippen LogP contribution in [0.25, 0.3) is 0 Å². The summed E-state index contributed by atoms with van der Waals surface area (Å²) in [4.78, 5) is 0. The van der Waals surface area contributed by atoms with Crippen LogP contribution in [0.4, 0.5) is 32.0 Å². The third-order valence-electron chi connectivity index (χ3n) is 1.57. The summed E-state index contributed by atoms with van der Waals surface area (Å²) < 4.78 is 75.7. The van der Waals surface area contributed by atoms with Gasteiger partial charge in [0.25, 0.3) is 0 Å². The average Bonchev–Trinajstić information content (AvgIpc) is 2.04. The first-order valence-corrected chi connectivity index (χ1v) is 3.82. The zero-order chi connectivity index (χ0) is 12.6. The molecule has 1 rings (SSSR count). The van der Waals surface area contributed by atoms with Gasteiger partial charge in [0.05, 0.1) is 5.69 Å². The summed E-state index contributed by atoms with van der Waals surface area (Å²) in [5.74, 6) is -1.43. The molecule has 0 bridgehead atoms. The maximum Gasteiger partial charge on any atom is 0.573 e. The maximum absolute atomic E-state index is 12.3. The largest absolute Gasteiger partial charge is 0.573 e. The third kappa shape index (κ3) is 2.94. The number of alkyl halides is 6. The summed E-state index contributed by atoms with van der Waals surface area (Å²) in [6.07, 6.45) is -10.2. The Morgan fingerprint density at radius 2 is 1.56 bits per heavy atom. The lowest BCUT2D eigenvalue weighted by atomic mass is 10.1. The number of para-hydroxylation sites is 1. The van der Waals surface area contributed by atoms with Gasteiger partial charge < -0.3 is 10.5 Å². The van der Waals surface area contributed by atoms with Crippen molar-refractivity contribution in [3.8, 4) is 5.75 Å². The quantitative estimate of drug-likeness (QED) is 0.609. The highest BCUT2D eigenvalue weighted by atomic mass is 19.4. The molecule has 0 heterocycles. The molecule has 0 radical (unpaired) electrons. The van der Waals surface area contributed by atoms with E-state index < -0.39 is 29.5 Å². The van der Waals surface area contributed by atoms with Crippen LogP contribution < -0.4 is 10.5 Å². The van der Waals surface area contributed by atoms with Crippen LogP contribution in [0.2, 0.25) is 0 Å². The first-order valence-electron chi connectivity index (χ1n) is 3.82. The number of nitrogens with two attached hydrogens (primary N) is 1. The lowest BCUT2D eigenvalue weighted by molar-refractivity contribution is -0.276. The lowest BCUT2D eigenvalue weighted by Crippen LogP contribution is -2.21. The van der Waals surface area contributed by atoms with E-state index in [4.69, 9.17) is 5.73 Å². The fourth-order valence-corrected chi connectivity index (χ4v) is 1.01. The van der Waals surface area contributed by atoms with Gasteiger partial charge in [-0.15, -0.1) is 13.2 Å². The van der Waals surface area contributed by atoms with Crippen LogP contribution in [-0.2, 0) is 6.18 Å². The first-order chi connectivity index (χ1) is 7.11. The monoisotopic (exact) mass is 245 g/mol. The summed E-state index contributed by atoms with van der Waals surface area (Å²) in [6, 6.07) is 2.23. The standard InChI is InChI=1S/C8H5F6NO/c9-7(10,11)4-2-1-3-5(15)6(4)16-8(12,13)14/h1-3H,15H2. The van der Waals surface area contributed by atoms with Gasteiger partial charge in [0.1, 0.15) is 5.56 Å². The van der Waals surface area contributed by atoms with Crippen molar-refractivity contribution >= 4 is 5.69 Å².